The molecule has 1 aliphatic heterocycles. The Hall–Kier alpha value is -2.01. The lowest BCUT2D eigenvalue weighted by Crippen LogP contribution is -2.21. The maximum absolute atomic E-state index is 14.7. The molecule has 146 valence electrons. The molecule has 3 rings (SSSR count). The van der Waals surface area contributed by atoms with Crippen LogP contribution in [0.4, 0.5) is 13.2 Å². The van der Waals surface area contributed by atoms with Crippen molar-refractivity contribution in [2.24, 2.45) is 5.92 Å². The molecular weight excluding hydrogens is 353 g/mol. The van der Waals surface area contributed by atoms with Gasteiger partial charge in [-0.05, 0) is 49.8 Å². The van der Waals surface area contributed by atoms with Gasteiger partial charge in [-0.2, -0.15) is 0 Å². The van der Waals surface area contributed by atoms with E-state index in [1.54, 1.807) is 13.0 Å². The van der Waals surface area contributed by atoms with Gasteiger partial charge in [-0.25, -0.2) is 13.2 Å². The van der Waals surface area contributed by atoms with E-state index in [9.17, 15) is 13.2 Å². The minimum atomic E-state index is -0.977. The topological polar surface area (TPSA) is 18.5 Å². The van der Waals surface area contributed by atoms with Crippen LogP contribution in [0.1, 0.15) is 51.2 Å². The van der Waals surface area contributed by atoms with Gasteiger partial charge in [-0.1, -0.05) is 31.5 Å². The number of benzene rings is 2. The Morgan fingerprint density at radius 2 is 1.85 bits per heavy atom. The molecule has 1 saturated heterocycles. The second kappa shape index (κ2) is 8.79. The van der Waals surface area contributed by atoms with Crippen LogP contribution in [0, 0.1) is 23.4 Å². The van der Waals surface area contributed by atoms with Crippen LogP contribution >= 0.6 is 0 Å². The van der Waals surface area contributed by atoms with Gasteiger partial charge in [0.2, 0.25) is 0 Å². The van der Waals surface area contributed by atoms with Crippen LogP contribution in [-0.4, -0.2) is 13.2 Å². The molecule has 0 saturated carbocycles. The van der Waals surface area contributed by atoms with E-state index in [0.717, 1.165) is 25.3 Å². The van der Waals surface area contributed by atoms with Crippen LogP contribution < -0.4 is 4.74 Å². The summed E-state index contributed by atoms with van der Waals surface area (Å²) < 4.78 is 54.4. The van der Waals surface area contributed by atoms with Gasteiger partial charge < -0.3 is 9.47 Å². The fourth-order valence-electron chi connectivity index (χ4n) is 3.66. The zero-order valence-electron chi connectivity index (χ0n) is 15.7. The van der Waals surface area contributed by atoms with E-state index in [4.69, 9.17) is 9.47 Å². The predicted octanol–water partition coefficient (Wildman–Crippen LogP) is 6.44. The highest BCUT2D eigenvalue weighted by molar-refractivity contribution is 5.66. The van der Waals surface area contributed by atoms with Crippen LogP contribution in [0.2, 0.25) is 0 Å². The highest BCUT2D eigenvalue weighted by atomic mass is 19.2. The first kappa shape index (κ1) is 19.7. The number of hydrogen-bond donors (Lipinski definition) is 0. The Morgan fingerprint density at radius 3 is 2.48 bits per heavy atom. The molecule has 2 nitrogen and oxygen atoms in total. The summed E-state index contributed by atoms with van der Waals surface area (Å²) in [6.45, 7) is 4.78. The van der Waals surface area contributed by atoms with Crippen molar-refractivity contribution >= 4 is 0 Å². The second-order valence-electron chi connectivity index (χ2n) is 6.96. The van der Waals surface area contributed by atoms with E-state index in [1.165, 1.54) is 18.2 Å². The number of rotatable bonds is 6. The van der Waals surface area contributed by atoms with E-state index in [-0.39, 0.29) is 22.4 Å². The lowest BCUT2D eigenvalue weighted by Gasteiger charge is -2.29. The smallest absolute Gasteiger partial charge is 0.167 e. The summed E-state index contributed by atoms with van der Waals surface area (Å²) in [6, 6.07) is 7.15. The van der Waals surface area contributed by atoms with Crippen molar-refractivity contribution in [1.29, 1.82) is 0 Å². The van der Waals surface area contributed by atoms with Crippen LogP contribution in [0.5, 0.6) is 5.75 Å². The molecule has 1 aliphatic rings. The summed E-state index contributed by atoms with van der Waals surface area (Å²) in [6.07, 6.45) is 3.38. The molecule has 0 aromatic heterocycles. The van der Waals surface area contributed by atoms with Crippen molar-refractivity contribution in [3.63, 3.8) is 0 Å². The molecule has 0 aliphatic carbocycles. The molecule has 2 atom stereocenters. The fraction of sp³-hybridized carbons (Fsp3) is 0.455. The fourth-order valence-corrected chi connectivity index (χ4v) is 3.66. The Balaban J connectivity index is 1.82. The molecule has 1 fully saturated rings. The van der Waals surface area contributed by atoms with Crippen LogP contribution in [0.25, 0.3) is 11.1 Å². The largest absolute Gasteiger partial charge is 0.491 e. The summed E-state index contributed by atoms with van der Waals surface area (Å²) in [7, 11) is 0. The lowest BCUT2D eigenvalue weighted by atomic mass is 9.91. The van der Waals surface area contributed by atoms with Crippen molar-refractivity contribution in [2.45, 2.75) is 45.6 Å². The zero-order chi connectivity index (χ0) is 19.4. The molecule has 0 N–H and O–H groups in total. The molecule has 0 amide bonds. The first-order valence-electron chi connectivity index (χ1n) is 9.57. The van der Waals surface area contributed by atoms with E-state index in [1.807, 2.05) is 0 Å². The minimum Gasteiger partial charge on any atom is -0.491 e. The minimum absolute atomic E-state index is 0.0258. The van der Waals surface area contributed by atoms with E-state index in [2.05, 4.69) is 6.92 Å². The molecule has 0 bridgehead atoms. The quantitative estimate of drug-likeness (QED) is 0.576. The zero-order valence-corrected chi connectivity index (χ0v) is 15.7. The van der Waals surface area contributed by atoms with Gasteiger partial charge >= 0.3 is 0 Å². The van der Waals surface area contributed by atoms with Crippen molar-refractivity contribution < 1.29 is 22.6 Å². The number of hydrogen-bond acceptors (Lipinski definition) is 2. The van der Waals surface area contributed by atoms with Gasteiger partial charge in [0.15, 0.2) is 23.2 Å². The van der Waals surface area contributed by atoms with Gasteiger partial charge in [0.1, 0.15) is 0 Å². The summed E-state index contributed by atoms with van der Waals surface area (Å²) in [4.78, 5) is 0. The third kappa shape index (κ3) is 4.29. The molecule has 2 aromatic carbocycles. The van der Waals surface area contributed by atoms with Crippen LogP contribution in [0.3, 0.4) is 0 Å². The number of halogens is 3. The lowest BCUT2D eigenvalue weighted by molar-refractivity contribution is -0.0214. The summed E-state index contributed by atoms with van der Waals surface area (Å²) in [5.74, 6) is -1.91. The highest BCUT2D eigenvalue weighted by Crippen LogP contribution is 2.37. The third-order valence-electron chi connectivity index (χ3n) is 5.07. The third-order valence-corrected chi connectivity index (χ3v) is 5.07. The van der Waals surface area contributed by atoms with Crippen LogP contribution in [0.15, 0.2) is 30.3 Å². The standard InChI is InChI=1S/C22H25F3O2/c1-3-5-14-6-10-19(27-13-14)17-9-8-16(21(24)22(17)25)15-7-11-20(26-4-2)18(23)12-15/h7-9,11-12,14,19H,3-6,10,13H2,1-2H3. The molecule has 5 heteroatoms. The predicted molar refractivity (Wildman–Crippen MR) is 99.2 cm³/mol. The van der Waals surface area contributed by atoms with Crippen molar-refractivity contribution in [2.75, 3.05) is 13.2 Å². The van der Waals surface area contributed by atoms with Crippen molar-refractivity contribution in [3.05, 3.63) is 53.3 Å². The SMILES string of the molecule is CCCC1CCC(c2ccc(-c3ccc(OCC)c(F)c3)c(F)c2F)OC1. The van der Waals surface area contributed by atoms with E-state index < -0.39 is 23.6 Å². The first-order valence-corrected chi connectivity index (χ1v) is 9.57. The van der Waals surface area contributed by atoms with Gasteiger partial charge in [0.25, 0.3) is 0 Å². The van der Waals surface area contributed by atoms with Crippen LogP contribution in [-0.2, 0) is 4.74 Å². The summed E-state index contributed by atoms with van der Waals surface area (Å²) in [5.41, 5.74) is 0.530. The highest BCUT2D eigenvalue weighted by Gasteiger charge is 2.27. The second-order valence-corrected chi connectivity index (χ2v) is 6.96. The average molecular weight is 378 g/mol. The normalized spacial score (nSPS) is 19.9. The monoisotopic (exact) mass is 378 g/mol. The Bertz CT molecular complexity index is 783. The van der Waals surface area contributed by atoms with E-state index in [0.29, 0.717) is 25.6 Å². The van der Waals surface area contributed by atoms with Crippen molar-refractivity contribution in [3.8, 4) is 16.9 Å². The molecule has 1 heterocycles. The molecular formula is C22H25F3O2. The first-order chi connectivity index (χ1) is 13.0. The summed E-state index contributed by atoms with van der Waals surface area (Å²) >= 11 is 0. The molecule has 2 unspecified atom stereocenters. The molecule has 27 heavy (non-hydrogen) atoms. The number of ether oxygens (including phenoxy) is 2. The Kier molecular flexibility index (Phi) is 6.42. The maximum Gasteiger partial charge on any atom is 0.167 e. The Labute approximate surface area is 158 Å². The van der Waals surface area contributed by atoms with Gasteiger partial charge in [0, 0.05) is 11.1 Å². The van der Waals surface area contributed by atoms with Gasteiger partial charge in [-0.3, -0.25) is 0 Å². The van der Waals surface area contributed by atoms with Crippen molar-refractivity contribution in [1.82, 2.24) is 0 Å². The summed E-state index contributed by atoms with van der Waals surface area (Å²) in [5, 5.41) is 0. The Morgan fingerprint density at radius 1 is 1.04 bits per heavy atom. The van der Waals surface area contributed by atoms with Gasteiger partial charge in [0.05, 0.1) is 19.3 Å². The molecule has 2 aromatic rings. The van der Waals surface area contributed by atoms with Gasteiger partial charge in [-0.15, -0.1) is 0 Å². The molecule has 0 spiro atoms. The average Bonchev–Trinajstić information content (AvgIpc) is 2.67. The van der Waals surface area contributed by atoms with E-state index >= 15 is 0 Å². The maximum atomic E-state index is 14.7. The molecule has 0 radical (unpaired) electrons.